The number of ether oxygens (including phenoxy) is 1. The van der Waals surface area contributed by atoms with Crippen LogP contribution in [0.4, 0.5) is 0 Å². The number of methoxy groups -OCH3 is 1. The first-order chi connectivity index (χ1) is 6.95. The fraction of sp³-hybridized carbons (Fsp3) is 1.00. The van der Waals surface area contributed by atoms with Gasteiger partial charge in [-0.15, -0.1) is 0 Å². The fourth-order valence-electron chi connectivity index (χ4n) is 1.35. The standard InChI is InChI=1S/C9H22N2O3S/c1-9(2)11(6-5-10)15(12,13)8-4-7-14-3/h9H,4-8,10H2,1-3H3. The zero-order valence-electron chi connectivity index (χ0n) is 9.77. The van der Waals surface area contributed by atoms with E-state index in [-0.39, 0.29) is 11.8 Å². The van der Waals surface area contributed by atoms with Crippen molar-refractivity contribution in [3.63, 3.8) is 0 Å². The van der Waals surface area contributed by atoms with Gasteiger partial charge >= 0.3 is 0 Å². The smallest absolute Gasteiger partial charge is 0.214 e. The molecule has 0 aromatic heterocycles. The molecule has 0 radical (unpaired) electrons. The lowest BCUT2D eigenvalue weighted by Gasteiger charge is -2.25. The molecule has 0 unspecified atom stereocenters. The van der Waals surface area contributed by atoms with E-state index in [0.717, 1.165) is 0 Å². The second kappa shape index (κ2) is 7.16. The molecule has 0 bridgehead atoms. The summed E-state index contributed by atoms with van der Waals surface area (Å²) in [5.74, 6) is 0.124. The molecule has 6 heteroatoms. The molecule has 0 aromatic carbocycles. The van der Waals surface area contributed by atoms with Crippen LogP contribution >= 0.6 is 0 Å². The van der Waals surface area contributed by atoms with Gasteiger partial charge < -0.3 is 10.5 Å². The van der Waals surface area contributed by atoms with Crippen LogP contribution in [0.3, 0.4) is 0 Å². The van der Waals surface area contributed by atoms with Crippen molar-refractivity contribution in [2.75, 3.05) is 32.6 Å². The Bertz CT molecular complexity index is 252. The minimum atomic E-state index is -3.18. The molecule has 2 N–H and O–H groups in total. The molecule has 92 valence electrons. The Hall–Kier alpha value is -0.170. The predicted molar refractivity (Wildman–Crippen MR) is 61.2 cm³/mol. The molecule has 0 aromatic rings. The van der Waals surface area contributed by atoms with Gasteiger partial charge in [-0.3, -0.25) is 0 Å². The first-order valence-electron chi connectivity index (χ1n) is 5.14. The molecule has 0 saturated carbocycles. The molecule has 15 heavy (non-hydrogen) atoms. The van der Waals surface area contributed by atoms with Gasteiger partial charge in [0.25, 0.3) is 0 Å². The Morgan fingerprint density at radius 1 is 1.40 bits per heavy atom. The van der Waals surface area contributed by atoms with E-state index in [4.69, 9.17) is 10.5 Å². The highest BCUT2D eigenvalue weighted by Gasteiger charge is 2.23. The Labute approximate surface area is 92.6 Å². The van der Waals surface area contributed by atoms with E-state index in [2.05, 4.69) is 0 Å². The molecular formula is C9H22N2O3S. The largest absolute Gasteiger partial charge is 0.385 e. The molecule has 5 nitrogen and oxygen atoms in total. The van der Waals surface area contributed by atoms with Crippen LogP contribution in [-0.2, 0) is 14.8 Å². The Kier molecular flexibility index (Phi) is 7.08. The zero-order chi connectivity index (χ0) is 11.9. The second-order valence-corrected chi connectivity index (χ2v) is 5.70. The summed E-state index contributed by atoms with van der Waals surface area (Å²) >= 11 is 0. The monoisotopic (exact) mass is 238 g/mol. The van der Waals surface area contributed by atoms with Crippen LogP contribution in [0.1, 0.15) is 20.3 Å². The number of hydrogen-bond donors (Lipinski definition) is 1. The first-order valence-corrected chi connectivity index (χ1v) is 6.75. The summed E-state index contributed by atoms with van der Waals surface area (Å²) in [4.78, 5) is 0. The van der Waals surface area contributed by atoms with Gasteiger partial charge in [0.05, 0.1) is 5.75 Å². The third-order valence-electron chi connectivity index (χ3n) is 2.03. The zero-order valence-corrected chi connectivity index (χ0v) is 10.6. The molecule has 0 rings (SSSR count). The first kappa shape index (κ1) is 14.8. The van der Waals surface area contributed by atoms with Gasteiger partial charge in [-0.25, -0.2) is 8.42 Å². The molecule has 0 fully saturated rings. The van der Waals surface area contributed by atoms with E-state index in [9.17, 15) is 8.42 Å². The van der Waals surface area contributed by atoms with E-state index < -0.39 is 10.0 Å². The molecule has 0 heterocycles. The van der Waals surface area contributed by atoms with Gasteiger partial charge in [-0.2, -0.15) is 4.31 Å². The van der Waals surface area contributed by atoms with Gasteiger partial charge in [-0.05, 0) is 20.3 Å². The van der Waals surface area contributed by atoms with Crippen LogP contribution < -0.4 is 5.73 Å². The van der Waals surface area contributed by atoms with E-state index >= 15 is 0 Å². The molecule has 0 aliphatic carbocycles. The van der Waals surface area contributed by atoms with Crippen molar-refractivity contribution in [2.24, 2.45) is 5.73 Å². The third-order valence-corrected chi connectivity index (χ3v) is 4.16. The lowest BCUT2D eigenvalue weighted by Crippen LogP contribution is -2.41. The second-order valence-electron chi connectivity index (χ2n) is 3.66. The maximum Gasteiger partial charge on any atom is 0.214 e. The average molecular weight is 238 g/mol. The van der Waals surface area contributed by atoms with Crippen molar-refractivity contribution in [3.05, 3.63) is 0 Å². The lowest BCUT2D eigenvalue weighted by atomic mass is 10.4. The SMILES string of the molecule is COCCCS(=O)(=O)N(CCN)C(C)C. The average Bonchev–Trinajstić information content (AvgIpc) is 2.13. The molecule has 0 saturated heterocycles. The summed E-state index contributed by atoms with van der Waals surface area (Å²) in [6.07, 6.45) is 0.520. The highest BCUT2D eigenvalue weighted by Crippen LogP contribution is 2.07. The molecule has 0 atom stereocenters. The van der Waals surface area contributed by atoms with Crippen LogP contribution in [0.15, 0.2) is 0 Å². The summed E-state index contributed by atoms with van der Waals surface area (Å²) in [6.45, 7) is 4.90. The normalized spacial score (nSPS) is 12.7. The molecule has 0 aliphatic rings. The Morgan fingerprint density at radius 3 is 2.40 bits per heavy atom. The number of sulfonamides is 1. The topological polar surface area (TPSA) is 72.6 Å². The Balaban J connectivity index is 4.37. The van der Waals surface area contributed by atoms with Crippen LogP contribution in [0.2, 0.25) is 0 Å². The minimum Gasteiger partial charge on any atom is -0.385 e. The van der Waals surface area contributed by atoms with Crippen LogP contribution in [0, 0.1) is 0 Å². The summed E-state index contributed by atoms with van der Waals surface area (Å²) in [6, 6.07) is -0.0407. The fourth-order valence-corrected chi connectivity index (χ4v) is 3.09. The van der Waals surface area contributed by atoms with Gasteiger partial charge in [0.2, 0.25) is 10.0 Å². The van der Waals surface area contributed by atoms with Crippen LogP contribution in [-0.4, -0.2) is 51.3 Å². The van der Waals surface area contributed by atoms with Crippen molar-refractivity contribution in [1.29, 1.82) is 0 Å². The lowest BCUT2D eigenvalue weighted by molar-refractivity contribution is 0.199. The summed E-state index contributed by atoms with van der Waals surface area (Å²) < 4.78 is 30.0. The maximum absolute atomic E-state index is 11.9. The van der Waals surface area contributed by atoms with E-state index in [1.54, 1.807) is 7.11 Å². The van der Waals surface area contributed by atoms with Crippen molar-refractivity contribution in [2.45, 2.75) is 26.3 Å². The molecule has 0 spiro atoms. The maximum atomic E-state index is 11.9. The van der Waals surface area contributed by atoms with Crippen molar-refractivity contribution < 1.29 is 13.2 Å². The van der Waals surface area contributed by atoms with E-state index in [1.807, 2.05) is 13.8 Å². The molecular weight excluding hydrogens is 216 g/mol. The quantitative estimate of drug-likeness (QED) is 0.605. The predicted octanol–water partition coefficient (Wildman–Crippen LogP) is 0.0218. The molecule has 0 aliphatic heterocycles. The highest BCUT2D eigenvalue weighted by atomic mass is 32.2. The highest BCUT2D eigenvalue weighted by molar-refractivity contribution is 7.89. The minimum absolute atomic E-state index is 0.0407. The number of nitrogens with two attached hydrogens (primary N) is 1. The Morgan fingerprint density at radius 2 is 2.00 bits per heavy atom. The van der Waals surface area contributed by atoms with Crippen LogP contribution in [0.25, 0.3) is 0 Å². The van der Waals surface area contributed by atoms with Gasteiger partial charge in [0, 0.05) is 32.8 Å². The van der Waals surface area contributed by atoms with Crippen LogP contribution in [0.5, 0.6) is 0 Å². The summed E-state index contributed by atoms with van der Waals surface area (Å²) in [7, 11) is -1.62. The third kappa shape index (κ3) is 5.46. The van der Waals surface area contributed by atoms with Gasteiger partial charge in [0.15, 0.2) is 0 Å². The summed E-state index contributed by atoms with van der Waals surface area (Å²) in [5, 5.41) is 0. The van der Waals surface area contributed by atoms with Crippen molar-refractivity contribution in [3.8, 4) is 0 Å². The molecule has 0 amide bonds. The van der Waals surface area contributed by atoms with E-state index in [0.29, 0.717) is 26.1 Å². The van der Waals surface area contributed by atoms with Crippen molar-refractivity contribution in [1.82, 2.24) is 4.31 Å². The van der Waals surface area contributed by atoms with Gasteiger partial charge in [-0.1, -0.05) is 0 Å². The number of rotatable bonds is 8. The van der Waals surface area contributed by atoms with Gasteiger partial charge in [0.1, 0.15) is 0 Å². The van der Waals surface area contributed by atoms with Crippen molar-refractivity contribution >= 4 is 10.0 Å². The van der Waals surface area contributed by atoms with E-state index in [1.165, 1.54) is 4.31 Å². The number of nitrogens with zero attached hydrogens (tertiary/aromatic N) is 1. The number of hydrogen-bond acceptors (Lipinski definition) is 4. The summed E-state index contributed by atoms with van der Waals surface area (Å²) in [5.41, 5.74) is 5.39.